The Morgan fingerprint density at radius 3 is 2.48 bits per heavy atom. The summed E-state index contributed by atoms with van der Waals surface area (Å²) in [6, 6.07) is 17.5. The largest absolute Gasteiger partial charge is 0.411 e. The van der Waals surface area contributed by atoms with Gasteiger partial charge in [0.25, 0.3) is 5.22 Å². The molecule has 1 aliphatic rings. The second-order valence-corrected chi connectivity index (χ2v) is 8.20. The van der Waals surface area contributed by atoms with E-state index in [-0.39, 0.29) is 5.91 Å². The fourth-order valence-corrected chi connectivity index (χ4v) is 4.51. The molecule has 2 aromatic carbocycles. The Bertz CT molecular complexity index is 926. The van der Waals surface area contributed by atoms with Crippen molar-refractivity contribution in [2.24, 2.45) is 0 Å². The van der Waals surface area contributed by atoms with Gasteiger partial charge in [-0.15, -0.1) is 10.2 Å². The number of carbonyl (C=O) groups excluding carboxylic acids is 1. The molecule has 1 aliphatic heterocycles. The van der Waals surface area contributed by atoms with Gasteiger partial charge in [0.05, 0.1) is 5.56 Å². The van der Waals surface area contributed by atoms with Crippen LogP contribution in [0.25, 0.3) is 11.5 Å². The van der Waals surface area contributed by atoms with Gasteiger partial charge in [0, 0.05) is 17.6 Å². The Hall–Kier alpha value is -2.12. The molecule has 0 radical (unpaired) electrons. The molecule has 1 saturated heterocycles. The monoisotopic (exact) mass is 443 g/mol. The van der Waals surface area contributed by atoms with Crippen LogP contribution in [0.1, 0.15) is 23.7 Å². The predicted molar refractivity (Wildman–Crippen MR) is 108 cm³/mol. The number of halogens is 1. The Morgan fingerprint density at radius 2 is 1.74 bits per heavy atom. The summed E-state index contributed by atoms with van der Waals surface area (Å²) < 4.78 is 6.74. The summed E-state index contributed by atoms with van der Waals surface area (Å²) in [6.07, 6.45) is 2.12. The number of nitrogens with zero attached hydrogens (tertiary/aromatic N) is 3. The molecule has 1 amide bonds. The highest BCUT2D eigenvalue weighted by atomic mass is 79.9. The lowest BCUT2D eigenvalue weighted by atomic mass is 10.1. The molecule has 1 atom stereocenters. The van der Waals surface area contributed by atoms with Crippen molar-refractivity contribution in [3.63, 3.8) is 0 Å². The van der Waals surface area contributed by atoms with Crippen LogP contribution < -0.4 is 0 Å². The number of benzene rings is 2. The zero-order chi connectivity index (χ0) is 18.6. The third-order valence-corrected chi connectivity index (χ3v) is 6.24. The SMILES string of the molecule is O=C(C(Sc1nnc(-c2ccccc2Br)o1)c1ccccc1)N1CCCC1. The van der Waals surface area contributed by atoms with E-state index in [9.17, 15) is 4.79 Å². The topological polar surface area (TPSA) is 59.2 Å². The maximum Gasteiger partial charge on any atom is 0.277 e. The first kappa shape index (κ1) is 18.3. The molecule has 1 aromatic heterocycles. The minimum absolute atomic E-state index is 0.101. The number of thioether (sulfide) groups is 1. The normalized spacial score (nSPS) is 15.1. The van der Waals surface area contributed by atoms with E-state index >= 15 is 0 Å². The van der Waals surface area contributed by atoms with Crippen LogP contribution in [0.4, 0.5) is 0 Å². The number of hydrogen-bond donors (Lipinski definition) is 0. The van der Waals surface area contributed by atoms with Crippen LogP contribution in [-0.4, -0.2) is 34.1 Å². The van der Waals surface area contributed by atoms with Crippen molar-refractivity contribution >= 4 is 33.6 Å². The molecule has 2 heterocycles. The van der Waals surface area contributed by atoms with Gasteiger partial charge < -0.3 is 9.32 Å². The fourth-order valence-electron chi connectivity index (χ4n) is 3.09. The van der Waals surface area contributed by atoms with Gasteiger partial charge >= 0.3 is 0 Å². The molecular formula is C20H18BrN3O2S. The van der Waals surface area contributed by atoms with Gasteiger partial charge in [-0.3, -0.25) is 4.79 Å². The minimum atomic E-state index is -0.392. The third kappa shape index (κ3) is 4.09. The van der Waals surface area contributed by atoms with Crippen LogP contribution >= 0.6 is 27.7 Å². The number of rotatable bonds is 5. The predicted octanol–water partition coefficient (Wildman–Crippen LogP) is 4.95. The van der Waals surface area contributed by atoms with E-state index in [1.165, 1.54) is 11.8 Å². The summed E-state index contributed by atoms with van der Waals surface area (Å²) in [5.74, 6) is 0.537. The maximum absolute atomic E-state index is 13.1. The van der Waals surface area contributed by atoms with Gasteiger partial charge in [-0.1, -0.05) is 42.5 Å². The van der Waals surface area contributed by atoms with Crippen molar-refractivity contribution in [2.45, 2.75) is 23.3 Å². The maximum atomic E-state index is 13.1. The van der Waals surface area contributed by atoms with E-state index in [2.05, 4.69) is 26.1 Å². The summed E-state index contributed by atoms with van der Waals surface area (Å²) in [5, 5.41) is 8.32. The molecule has 3 aromatic rings. The van der Waals surface area contributed by atoms with Crippen molar-refractivity contribution in [3.05, 3.63) is 64.6 Å². The first-order valence-corrected chi connectivity index (χ1v) is 10.5. The first-order valence-electron chi connectivity index (χ1n) is 8.81. The Labute approximate surface area is 170 Å². The number of hydrogen-bond acceptors (Lipinski definition) is 5. The number of aromatic nitrogens is 2. The lowest BCUT2D eigenvalue weighted by Gasteiger charge is -2.22. The second kappa shape index (κ2) is 8.27. The van der Waals surface area contributed by atoms with Crippen molar-refractivity contribution in [3.8, 4) is 11.5 Å². The number of amides is 1. The highest BCUT2D eigenvalue weighted by Crippen LogP contribution is 2.38. The molecule has 0 N–H and O–H groups in total. The van der Waals surface area contributed by atoms with Crippen LogP contribution in [0.2, 0.25) is 0 Å². The van der Waals surface area contributed by atoms with Crippen LogP contribution in [0, 0.1) is 0 Å². The van der Waals surface area contributed by atoms with Crippen molar-refractivity contribution < 1.29 is 9.21 Å². The van der Waals surface area contributed by atoms with Crippen LogP contribution in [0.15, 0.2) is 68.7 Å². The average molecular weight is 444 g/mol. The first-order chi connectivity index (χ1) is 13.2. The molecule has 7 heteroatoms. The summed E-state index contributed by atoms with van der Waals surface area (Å²) in [5.41, 5.74) is 1.78. The lowest BCUT2D eigenvalue weighted by Crippen LogP contribution is -2.31. The molecular weight excluding hydrogens is 426 g/mol. The molecule has 0 saturated carbocycles. The molecule has 1 unspecified atom stereocenters. The molecule has 27 heavy (non-hydrogen) atoms. The van der Waals surface area contributed by atoms with Gasteiger partial charge in [0.2, 0.25) is 11.8 Å². The Morgan fingerprint density at radius 1 is 1.04 bits per heavy atom. The van der Waals surface area contributed by atoms with Crippen LogP contribution in [-0.2, 0) is 4.79 Å². The smallest absolute Gasteiger partial charge is 0.277 e. The number of likely N-dealkylation sites (tertiary alicyclic amines) is 1. The average Bonchev–Trinajstić information content (AvgIpc) is 3.39. The van der Waals surface area contributed by atoms with E-state index < -0.39 is 5.25 Å². The van der Waals surface area contributed by atoms with E-state index in [4.69, 9.17) is 4.42 Å². The van der Waals surface area contributed by atoms with Crippen molar-refractivity contribution in [1.29, 1.82) is 0 Å². The highest BCUT2D eigenvalue weighted by Gasteiger charge is 2.30. The molecule has 138 valence electrons. The van der Waals surface area contributed by atoms with Gasteiger partial charge in [-0.2, -0.15) is 0 Å². The third-order valence-electron chi connectivity index (χ3n) is 4.47. The van der Waals surface area contributed by atoms with E-state index in [0.29, 0.717) is 11.1 Å². The summed E-state index contributed by atoms with van der Waals surface area (Å²) in [4.78, 5) is 15.0. The highest BCUT2D eigenvalue weighted by molar-refractivity contribution is 9.10. The molecule has 0 bridgehead atoms. The zero-order valence-electron chi connectivity index (χ0n) is 14.5. The standard InChI is InChI=1S/C20H18BrN3O2S/c21-16-11-5-4-10-15(16)18-22-23-20(26-18)27-17(14-8-2-1-3-9-14)19(25)24-12-6-7-13-24/h1-5,8-11,17H,6-7,12-13H2. The quantitative estimate of drug-likeness (QED) is 0.521. The molecule has 4 rings (SSSR count). The molecule has 5 nitrogen and oxygen atoms in total. The van der Waals surface area contributed by atoms with E-state index in [0.717, 1.165) is 41.5 Å². The summed E-state index contributed by atoms with van der Waals surface area (Å²) in [7, 11) is 0. The second-order valence-electron chi connectivity index (χ2n) is 6.29. The zero-order valence-corrected chi connectivity index (χ0v) is 16.9. The van der Waals surface area contributed by atoms with Crippen LogP contribution in [0.3, 0.4) is 0 Å². The Balaban J connectivity index is 1.60. The molecule has 0 spiro atoms. The number of carbonyl (C=O) groups is 1. The summed E-state index contributed by atoms with van der Waals surface area (Å²) in [6.45, 7) is 1.63. The van der Waals surface area contributed by atoms with Crippen molar-refractivity contribution in [1.82, 2.24) is 15.1 Å². The van der Waals surface area contributed by atoms with Crippen molar-refractivity contribution in [2.75, 3.05) is 13.1 Å². The lowest BCUT2D eigenvalue weighted by molar-refractivity contribution is -0.129. The summed E-state index contributed by atoms with van der Waals surface area (Å²) >= 11 is 4.81. The van der Waals surface area contributed by atoms with Gasteiger partial charge in [0.1, 0.15) is 5.25 Å². The molecule has 1 fully saturated rings. The van der Waals surface area contributed by atoms with E-state index in [1.54, 1.807) is 0 Å². The molecule has 0 aliphatic carbocycles. The van der Waals surface area contributed by atoms with E-state index in [1.807, 2.05) is 59.5 Å². The van der Waals surface area contributed by atoms with Crippen LogP contribution in [0.5, 0.6) is 0 Å². The fraction of sp³-hybridized carbons (Fsp3) is 0.250. The minimum Gasteiger partial charge on any atom is -0.411 e. The van der Waals surface area contributed by atoms with Gasteiger partial charge in [0.15, 0.2) is 0 Å². The van der Waals surface area contributed by atoms with Gasteiger partial charge in [-0.05, 0) is 58.2 Å². The Kier molecular flexibility index (Phi) is 5.59. The van der Waals surface area contributed by atoms with Gasteiger partial charge in [-0.25, -0.2) is 0 Å².